The lowest BCUT2D eigenvalue weighted by Gasteiger charge is -2.29. The average Bonchev–Trinajstić information content (AvgIpc) is 2.87. The Labute approximate surface area is 201 Å². The zero-order chi connectivity index (χ0) is 23.3. The minimum atomic E-state index is -0.719. The summed E-state index contributed by atoms with van der Waals surface area (Å²) in [5, 5.41) is 8.40. The van der Waals surface area contributed by atoms with E-state index >= 15 is 0 Å². The molecule has 0 aromatic heterocycles. The van der Waals surface area contributed by atoms with Gasteiger partial charge in [-0.25, -0.2) is 0 Å². The van der Waals surface area contributed by atoms with Gasteiger partial charge in [-0.15, -0.1) is 0 Å². The molecular formula is C31H42FN. The summed E-state index contributed by atoms with van der Waals surface area (Å²) in [6, 6.07) is 11.0. The molecule has 0 unspecified atom stereocenters. The van der Waals surface area contributed by atoms with Gasteiger partial charge >= 0.3 is 0 Å². The summed E-state index contributed by atoms with van der Waals surface area (Å²) in [6.07, 6.45) is 26.5. The van der Waals surface area contributed by atoms with Crippen LogP contribution in [-0.4, -0.2) is 0 Å². The SMILES string of the molecule is CCCCc1ccc([C@H]2CC[C@H](C=C[C@H]3CC[C@H](CCC=CC=C(F)C#N)CC3)CC2)cc1. The first-order valence-corrected chi connectivity index (χ1v) is 13.4. The number of allylic oxidation sites excluding steroid dienone is 6. The maximum Gasteiger partial charge on any atom is 0.199 e. The van der Waals surface area contributed by atoms with Crippen molar-refractivity contribution in [1.82, 2.24) is 0 Å². The number of benzene rings is 1. The zero-order valence-corrected chi connectivity index (χ0v) is 20.5. The van der Waals surface area contributed by atoms with E-state index in [2.05, 4.69) is 43.3 Å². The highest BCUT2D eigenvalue weighted by Gasteiger charge is 2.22. The van der Waals surface area contributed by atoms with E-state index < -0.39 is 5.83 Å². The van der Waals surface area contributed by atoms with Crippen LogP contribution in [0.25, 0.3) is 0 Å². The van der Waals surface area contributed by atoms with Gasteiger partial charge in [-0.05, 0) is 118 Å². The fourth-order valence-corrected chi connectivity index (χ4v) is 5.58. The lowest BCUT2D eigenvalue weighted by Crippen LogP contribution is -2.14. The Hall–Kier alpha value is -2.14. The van der Waals surface area contributed by atoms with Crippen LogP contribution in [0.5, 0.6) is 0 Å². The highest BCUT2D eigenvalue weighted by molar-refractivity contribution is 5.26. The topological polar surface area (TPSA) is 23.8 Å². The first-order valence-electron chi connectivity index (χ1n) is 13.4. The maximum absolute atomic E-state index is 12.8. The van der Waals surface area contributed by atoms with Gasteiger partial charge in [-0.2, -0.15) is 9.65 Å². The van der Waals surface area contributed by atoms with Gasteiger partial charge in [-0.1, -0.05) is 61.9 Å². The van der Waals surface area contributed by atoms with Gasteiger partial charge in [0.1, 0.15) is 6.07 Å². The predicted molar refractivity (Wildman–Crippen MR) is 138 cm³/mol. The van der Waals surface area contributed by atoms with Crippen molar-refractivity contribution in [3.05, 3.63) is 71.6 Å². The van der Waals surface area contributed by atoms with Crippen LogP contribution in [0.3, 0.4) is 0 Å². The molecule has 2 aliphatic carbocycles. The Kier molecular flexibility index (Phi) is 11.0. The summed E-state index contributed by atoms with van der Waals surface area (Å²) >= 11 is 0. The number of aryl methyl sites for hydroxylation is 1. The predicted octanol–water partition coefficient (Wildman–Crippen LogP) is 9.38. The van der Waals surface area contributed by atoms with Crippen LogP contribution in [0.4, 0.5) is 4.39 Å². The van der Waals surface area contributed by atoms with Crippen LogP contribution in [0.1, 0.15) is 101 Å². The van der Waals surface area contributed by atoms with E-state index in [0.717, 1.165) is 30.1 Å². The summed E-state index contributed by atoms with van der Waals surface area (Å²) in [7, 11) is 0. The molecular weight excluding hydrogens is 405 g/mol. The van der Waals surface area contributed by atoms with Crippen molar-refractivity contribution < 1.29 is 4.39 Å². The Balaban J connectivity index is 1.32. The fourth-order valence-electron chi connectivity index (χ4n) is 5.58. The van der Waals surface area contributed by atoms with Crippen molar-refractivity contribution in [2.75, 3.05) is 0 Å². The summed E-state index contributed by atoms with van der Waals surface area (Å²) < 4.78 is 12.8. The van der Waals surface area contributed by atoms with Crippen LogP contribution >= 0.6 is 0 Å². The lowest BCUT2D eigenvalue weighted by atomic mass is 9.76. The molecule has 0 radical (unpaired) electrons. The van der Waals surface area contributed by atoms with Crippen molar-refractivity contribution in [3.8, 4) is 6.07 Å². The Morgan fingerprint density at radius 2 is 1.61 bits per heavy atom. The second kappa shape index (κ2) is 14.2. The molecule has 1 nitrogen and oxygen atoms in total. The molecule has 2 saturated carbocycles. The molecule has 0 bridgehead atoms. The van der Waals surface area contributed by atoms with Crippen LogP contribution < -0.4 is 0 Å². The van der Waals surface area contributed by atoms with E-state index in [4.69, 9.17) is 5.26 Å². The fraction of sp³-hybridized carbons (Fsp3) is 0.581. The van der Waals surface area contributed by atoms with Gasteiger partial charge in [0.15, 0.2) is 5.83 Å². The van der Waals surface area contributed by atoms with Gasteiger partial charge in [0.05, 0.1) is 0 Å². The first kappa shape index (κ1) is 25.5. The van der Waals surface area contributed by atoms with E-state index in [9.17, 15) is 4.39 Å². The molecule has 178 valence electrons. The zero-order valence-electron chi connectivity index (χ0n) is 20.5. The van der Waals surface area contributed by atoms with Gasteiger partial charge in [0.25, 0.3) is 0 Å². The Morgan fingerprint density at radius 3 is 2.21 bits per heavy atom. The minimum Gasteiger partial charge on any atom is -0.195 e. The summed E-state index contributed by atoms with van der Waals surface area (Å²) in [4.78, 5) is 0. The molecule has 0 amide bonds. The molecule has 1 aromatic carbocycles. The van der Waals surface area contributed by atoms with E-state index in [1.54, 1.807) is 11.6 Å². The smallest absolute Gasteiger partial charge is 0.195 e. The third-order valence-corrected chi connectivity index (χ3v) is 7.82. The molecule has 2 heteroatoms. The van der Waals surface area contributed by atoms with Crippen molar-refractivity contribution in [1.29, 1.82) is 5.26 Å². The number of nitrogens with zero attached hydrogens (tertiary/aromatic N) is 1. The molecule has 3 rings (SSSR count). The van der Waals surface area contributed by atoms with Crippen LogP contribution in [0, 0.1) is 29.1 Å². The standard InChI is InChI=1S/C31H42FN/c1-2-3-7-25-16-20-29(21-17-25)30-22-18-28(19-23-30)15-14-27-12-10-26(11-13-27)8-5-4-6-9-31(32)24-33/h4,6,9,14-17,20-21,26-28,30H,2-3,5,7-8,10-13,18-19,22-23H2,1H3/t26-,27-,28-,30-. The summed E-state index contributed by atoms with van der Waals surface area (Å²) in [5.41, 5.74) is 3.05. The van der Waals surface area contributed by atoms with Gasteiger partial charge in [0, 0.05) is 0 Å². The highest BCUT2D eigenvalue weighted by atomic mass is 19.1. The number of nitriles is 1. The van der Waals surface area contributed by atoms with Gasteiger partial charge in [-0.3, -0.25) is 0 Å². The molecule has 2 fully saturated rings. The molecule has 0 heterocycles. The number of halogens is 1. The first-order chi connectivity index (χ1) is 16.2. The van der Waals surface area contributed by atoms with Crippen molar-refractivity contribution in [3.63, 3.8) is 0 Å². The van der Waals surface area contributed by atoms with Crippen molar-refractivity contribution in [2.45, 2.75) is 96.3 Å². The molecule has 2 aliphatic rings. The number of rotatable bonds is 10. The monoisotopic (exact) mass is 447 g/mol. The molecule has 0 N–H and O–H groups in total. The van der Waals surface area contributed by atoms with Gasteiger partial charge < -0.3 is 0 Å². The van der Waals surface area contributed by atoms with E-state index in [0.29, 0.717) is 0 Å². The quantitative estimate of drug-likeness (QED) is 0.199. The number of unbranched alkanes of at least 4 members (excludes halogenated alkanes) is 1. The molecule has 0 atom stereocenters. The molecule has 0 saturated heterocycles. The van der Waals surface area contributed by atoms with E-state index in [1.807, 2.05) is 6.08 Å². The molecule has 1 aromatic rings. The third kappa shape index (κ3) is 8.96. The Morgan fingerprint density at radius 1 is 0.970 bits per heavy atom. The van der Waals surface area contributed by atoms with Crippen molar-refractivity contribution >= 4 is 0 Å². The van der Waals surface area contributed by atoms with Crippen LogP contribution in [0.15, 0.2) is 60.5 Å². The number of hydrogen-bond donors (Lipinski definition) is 0. The van der Waals surface area contributed by atoms with Crippen LogP contribution in [-0.2, 0) is 6.42 Å². The molecule has 33 heavy (non-hydrogen) atoms. The highest BCUT2D eigenvalue weighted by Crippen LogP contribution is 2.38. The van der Waals surface area contributed by atoms with Crippen LogP contribution in [0.2, 0.25) is 0 Å². The molecule has 0 aliphatic heterocycles. The van der Waals surface area contributed by atoms with E-state index in [-0.39, 0.29) is 0 Å². The molecule has 0 spiro atoms. The van der Waals surface area contributed by atoms with Crippen molar-refractivity contribution in [2.24, 2.45) is 17.8 Å². The number of hydrogen-bond acceptors (Lipinski definition) is 1. The second-order valence-electron chi connectivity index (χ2n) is 10.3. The summed E-state index contributed by atoms with van der Waals surface area (Å²) in [5.74, 6) is 2.37. The van der Waals surface area contributed by atoms with E-state index in [1.165, 1.54) is 94.8 Å². The maximum atomic E-state index is 12.8. The lowest BCUT2D eigenvalue weighted by molar-refractivity contribution is 0.295. The second-order valence-corrected chi connectivity index (χ2v) is 10.3. The normalized spacial score (nSPS) is 26.6. The summed E-state index contributed by atoms with van der Waals surface area (Å²) in [6.45, 7) is 2.26. The largest absolute Gasteiger partial charge is 0.199 e. The Bertz CT molecular complexity index is 809. The minimum absolute atomic E-state index is 0.719. The average molecular weight is 448 g/mol. The third-order valence-electron chi connectivity index (χ3n) is 7.82. The van der Waals surface area contributed by atoms with Gasteiger partial charge in [0.2, 0.25) is 0 Å².